The van der Waals surface area contributed by atoms with Gasteiger partial charge in [-0.3, -0.25) is 4.79 Å². The monoisotopic (exact) mass is 278 g/mol. The van der Waals surface area contributed by atoms with Crippen molar-refractivity contribution < 1.29 is 14.3 Å². The zero-order valence-corrected chi connectivity index (χ0v) is 13.3. The maximum atomic E-state index is 11.6. The van der Waals surface area contributed by atoms with Crippen LogP contribution in [0.1, 0.15) is 60.3 Å². The van der Waals surface area contributed by atoms with Crippen LogP contribution in [0.3, 0.4) is 0 Å². The zero-order valence-electron chi connectivity index (χ0n) is 13.3. The summed E-state index contributed by atoms with van der Waals surface area (Å²) in [6.07, 6.45) is 7.87. The fourth-order valence-corrected chi connectivity index (χ4v) is 2.60. The molecule has 0 saturated heterocycles. The van der Waals surface area contributed by atoms with Crippen molar-refractivity contribution in [1.82, 2.24) is 0 Å². The first kappa shape index (κ1) is 16.7. The minimum Gasteiger partial charge on any atom is -0.457 e. The van der Waals surface area contributed by atoms with Crippen LogP contribution in [0.5, 0.6) is 0 Å². The predicted octanol–water partition coefficient (Wildman–Crippen LogP) is 3.98. The van der Waals surface area contributed by atoms with Gasteiger partial charge in [0.1, 0.15) is 11.9 Å². The number of hydrogen-bond donors (Lipinski definition) is 0. The van der Waals surface area contributed by atoms with Crippen molar-refractivity contribution in [3.63, 3.8) is 0 Å². The molecule has 3 nitrogen and oxygen atoms in total. The molecule has 0 aromatic heterocycles. The Balaban J connectivity index is 2.74. The van der Waals surface area contributed by atoms with E-state index in [-0.39, 0.29) is 11.4 Å². The van der Waals surface area contributed by atoms with Gasteiger partial charge in [0.2, 0.25) is 0 Å². The molecule has 0 heterocycles. The minimum atomic E-state index is -0.473. The second-order valence-corrected chi connectivity index (χ2v) is 7.00. The molecule has 0 N–H and O–H groups in total. The lowest BCUT2D eigenvalue weighted by Crippen LogP contribution is -2.23. The second kappa shape index (κ2) is 6.38. The molecule has 0 unspecified atom stereocenters. The van der Waals surface area contributed by atoms with Crippen molar-refractivity contribution in [2.45, 2.75) is 65.9 Å². The van der Waals surface area contributed by atoms with Crippen LogP contribution >= 0.6 is 0 Å². The first-order chi connectivity index (χ1) is 9.15. The Bertz CT molecular complexity index is 434. The largest absolute Gasteiger partial charge is 0.457 e. The van der Waals surface area contributed by atoms with Crippen molar-refractivity contribution in [2.75, 3.05) is 0 Å². The van der Waals surface area contributed by atoms with Gasteiger partial charge in [0.25, 0.3) is 0 Å². The Hall–Kier alpha value is -1.38. The van der Waals surface area contributed by atoms with E-state index in [1.807, 2.05) is 20.8 Å². The Morgan fingerprint density at radius 3 is 2.55 bits per heavy atom. The molecule has 0 saturated carbocycles. The van der Waals surface area contributed by atoms with Gasteiger partial charge in [-0.2, -0.15) is 0 Å². The van der Waals surface area contributed by atoms with Crippen LogP contribution in [-0.4, -0.2) is 17.9 Å². The topological polar surface area (TPSA) is 43.4 Å². The standard InChI is InChI=1S/C17H26O3/c1-16(2,3)20-15(19)10-6-9-14-13(12-18)8-7-11-17(14,4)5/h6,10,12H,7-9,11H2,1-5H3/b10-6+. The number of aldehydes is 1. The van der Waals surface area contributed by atoms with E-state index in [1.54, 1.807) is 6.08 Å². The normalized spacial score (nSPS) is 19.2. The van der Waals surface area contributed by atoms with Crippen LogP contribution in [0, 0.1) is 5.41 Å². The molecule has 1 aliphatic carbocycles. The number of rotatable bonds is 4. The molecule has 0 aromatic carbocycles. The summed E-state index contributed by atoms with van der Waals surface area (Å²) in [5.41, 5.74) is 1.61. The van der Waals surface area contributed by atoms with E-state index in [2.05, 4.69) is 13.8 Å². The third-order valence-electron chi connectivity index (χ3n) is 3.58. The maximum absolute atomic E-state index is 11.6. The lowest BCUT2D eigenvalue weighted by atomic mass is 9.71. The van der Waals surface area contributed by atoms with Crippen LogP contribution in [0.2, 0.25) is 0 Å². The van der Waals surface area contributed by atoms with Gasteiger partial charge in [0, 0.05) is 6.08 Å². The molecular formula is C17H26O3. The molecule has 20 heavy (non-hydrogen) atoms. The molecule has 0 radical (unpaired) electrons. The first-order valence-electron chi connectivity index (χ1n) is 7.23. The molecule has 0 atom stereocenters. The molecule has 112 valence electrons. The van der Waals surface area contributed by atoms with Crippen molar-refractivity contribution in [3.8, 4) is 0 Å². The predicted molar refractivity (Wildman–Crippen MR) is 80.3 cm³/mol. The molecule has 0 fully saturated rings. The molecule has 0 spiro atoms. The number of ether oxygens (including phenoxy) is 1. The quantitative estimate of drug-likeness (QED) is 0.444. The average molecular weight is 278 g/mol. The van der Waals surface area contributed by atoms with Crippen molar-refractivity contribution in [3.05, 3.63) is 23.3 Å². The smallest absolute Gasteiger partial charge is 0.330 e. The van der Waals surface area contributed by atoms with Gasteiger partial charge < -0.3 is 4.74 Å². The fourth-order valence-electron chi connectivity index (χ4n) is 2.60. The third-order valence-corrected chi connectivity index (χ3v) is 3.58. The Morgan fingerprint density at radius 2 is 2.00 bits per heavy atom. The van der Waals surface area contributed by atoms with Gasteiger partial charge in [-0.25, -0.2) is 4.79 Å². The Labute approximate surface area is 122 Å². The van der Waals surface area contributed by atoms with Gasteiger partial charge in [-0.05, 0) is 57.4 Å². The molecule has 0 bridgehead atoms. The van der Waals surface area contributed by atoms with Gasteiger partial charge in [-0.1, -0.05) is 25.5 Å². The van der Waals surface area contributed by atoms with Gasteiger partial charge in [0.05, 0.1) is 0 Å². The second-order valence-electron chi connectivity index (χ2n) is 7.00. The summed E-state index contributed by atoms with van der Waals surface area (Å²) in [5.74, 6) is -0.334. The summed E-state index contributed by atoms with van der Waals surface area (Å²) in [4.78, 5) is 22.8. The van der Waals surface area contributed by atoms with Gasteiger partial charge >= 0.3 is 5.97 Å². The molecule has 1 rings (SSSR count). The summed E-state index contributed by atoms with van der Waals surface area (Å²) in [6, 6.07) is 0. The third kappa shape index (κ3) is 4.95. The van der Waals surface area contributed by atoms with E-state index in [9.17, 15) is 9.59 Å². The number of carbonyl (C=O) groups excluding carboxylic acids is 2. The van der Waals surface area contributed by atoms with Gasteiger partial charge in [0.15, 0.2) is 0 Å². The van der Waals surface area contributed by atoms with E-state index in [1.165, 1.54) is 6.08 Å². The fraction of sp³-hybridized carbons (Fsp3) is 0.647. The van der Waals surface area contributed by atoms with E-state index in [4.69, 9.17) is 4.74 Å². The highest BCUT2D eigenvalue weighted by Gasteiger charge is 2.28. The Kier molecular flexibility index (Phi) is 5.32. The van der Waals surface area contributed by atoms with Crippen LogP contribution < -0.4 is 0 Å². The number of allylic oxidation sites excluding steroid dienone is 3. The number of hydrogen-bond acceptors (Lipinski definition) is 3. The molecular weight excluding hydrogens is 252 g/mol. The van der Waals surface area contributed by atoms with E-state index >= 15 is 0 Å². The van der Waals surface area contributed by atoms with E-state index < -0.39 is 5.60 Å². The maximum Gasteiger partial charge on any atom is 0.330 e. The van der Waals surface area contributed by atoms with Crippen molar-refractivity contribution in [2.24, 2.45) is 5.41 Å². The summed E-state index contributed by atoms with van der Waals surface area (Å²) in [7, 11) is 0. The summed E-state index contributed by atoms with van der Waals surface area (Å²) >= 11 is 0. The number of esters is 1. The van der Waals surface area contributed by atoms with Crippen LogP contribution in [0.25, 0.3) is 0 Å². The van der Waals surface area contributed by atoms with E-state index in [0.717, 1.165) is 36.7 Å². The highest BCUT2D eigenvalue weighted by Crippen LogP contribution is 2.41. The molecule has 0 amide bonds. The minimum absolute atomic E-state index is 0.0345. The molecule has 3 heteroatoms. The van der Waals surface area contributed by atoms with Crippen LogP contribution in [-0.2, 0) is 14.3 Å². The Morgan fingerprint density at radius 1 is 1.35 bits per heavy atom. The SMILES string of the molecule is CC(C)(C)OC(=O)/C=C/CC1=C(C=O)CCCC1(C)C. The first-order valence-corrected chi connectivity index (χ1v) is 7.23. The summed E-state index contributed by atoms with van der Waals surface area (Å²) < 4.78 is 5.22. The van der Waals surface area contributed by atoms with Gasteiger partial charge in [-0.15, -0.1) is 0 Å². The van der Waals surface area contributed by atoms with Crippen LogP contribution in [0.15, 0.2) is 23.3 Å². The zero-order chi connectivity index (χ0) is 15.4. The lowest BCUT2D eigenvalue weighted by Gasteiger charge is -2.33. The molecule has 1 aliphatic rings. The van der Waals surface area contributed by atoms with E-state index in [0.29, 0.717) is 6.42 Å². The average Bonchev–Trinajstić information content (AvgIpc) is 2.28. The highest BCUT2D eigenvalue weighted by atomic mass is 16.6. The molecule has 0 aliphatic heterocycles. The van der Waals surface area contributed by atoms with Crippen LogP contribution in [0.4, 0.5) is 0 Å². The summed E-state index contributed by atoms with van der Waals surface area (Å²) in [5, 5.41) is 0. The number of carbonyl (C=O) groups is 2. The highest BCUT2D eigenvalue weighted by molar-refractivity contribution is 5.82. The van der Waals surface area contributed by atoms with Crippen molar-refractivity contribution in [1.29, 1.82) is 0 Å². The lowest BCUT2D eigenvalue weighted by molar-refractivity contribution is -0.148. The summed E-state index contributed by atoms with van der Waals surface area (Å²) in [6.45, 7) is 9.85. The molecule has 0 aromatic rings. The van der Waals surface area contributed by atoms with Crippen molar-refractivity contribution >= 4 is 12.3 Å².